The Kier molecular flexibility index (Phi) is 3.79. The number of rotatable bonds is 0. The lowest BCUT2D eigenvalue weighted by Crippen LogP contribution is -2.63. The van der Waals surface area contributed by atoms with Crippen LogP contribution in [0.15, 0.2) is 0 Å². The van der Waals surface area contributed by atoms with Crippen LogP contribution in [0.4, 0.5) is 0 Å². The normalized spacial score (nSPS) is 38.1. The first-order chi connectivity index (χ1) is 8.56. The summed E-state index contributed by atoms with van der Waals surface area (Å²) in [5.74, 6) is 0. The standard InChI is InChI=1S/C16H32N2O/c1-14(2,3)13-11-16(12(17)7-10-19-16)8-9-18(13)15(4,5)6/h12-13H,7-11,17H2,1-6H3. The fourth-order valence-corrected chi connectivity index (χ4v) is 3.81. The number of ether oxygens (including phenoxy) is 1. The van der Waals surface area contributed by atoms with E-state index in [-0.39, 0.29) is 22.6 Å². The van der Waals surface area contributed by atoms with Gasteiger partial charge in [0.15, 0.2) is 0 Å². The van der Waals surface area contributed by atoms with E-state index in [1.165, 1.54) is 0 Å². The molecule has 2 N–H and O–H groups in total. The number of nitrogens with two attached hydrogens (primary N) is 1. The van der Waals surface area contributed by atoms with Gasteiger partial charge in [-0.1, -0.05) is 20.8 Å². The quantitative estimate of drug-likeness (QED) is 0.734. The van der Waals surface area contributed by atoms with Crippen LogP contribution in [-0.2, 0) is 4.74 Å². The van der Waals surface area contributed by atoms with Gasteiger partial charge in [0, 0.05) is 30.8 Å². The Balaban J connectivity index is 2.25. The SMILES string of the molecule is CC(C)(C)C1CC2(CCN1C(C)(C)C)OCCC2N. The van der Waals surface area contributed by atoms with E-state index >= 15 is 0 Å². The second-order valence-corrected chi connectivity index (χ2v) is 8.51. The second-order valence-electron chi connectivity index (χ2n) is 8.51. The average molecular weight is 268 g/mol. The van der Waals surface area contributed by atoms with Gasteiger partial charge in [0.05, 0.1) is 5.60 Å². The Bertz CT molecular complexity index is 329. The first-order valence-electron chi connectivity index (χ1n) is 7.73. The van der Waals surface area contributed by atoms with E-state index in [0.717, 1.165) is 32.4 Å². The number of piperidine rings is 1. The summed E-state index contributed by atoms with van der Waals surface area (Å²) in [7, 11) is 0. The molecule has 0 aromatic heterocycles. The van der Waals surface area contributed by atoms with E-state index in [9.17, 15) is 0 Å². The van der Waals surface area contributed by atoms with Crippen LogP contribution in [0, 0.1) is 5.41 Å². The molecule has 1 spiro atoms. The summed E-state index contributed by atoms with van der Waals surface area (Å²) in [6.07, 6.45) is 3.18. The Morgan fingerprint density at radius 1 is 1.16 bits per heavy atom. The molecular weight excluding hydrogens is 236 g/mol. The van der Waals surface area contributed by atoms with Crippen molar-refractivity contribution < 1.29 is 4.74 Å². The zero-order valence-electron chi connectivity index (χ0n) is 13.6. The highest BCUT2D eigenvalue weighted by molar-refractivity contribution is 5.06. The minimum absolute atomic E-state index is 0.0559. The topological polar surface area (TPSA) is 38.5 Å². The maximum atomic E-state index is 6.36. The molecule has 2 rings (SSSR count). The summed E-state index contributed by atoms with van der Waals surface area (Å²) < 4.78 is 6.13. The Hall–Kier alpha value is -0.120. The number of hydrogen-bond donors (Lipinski definition) is 1. The fourth-order valence-electron chi connectivity index (χ4n) is 3.81. The highest BCUT2D eigenvalue weighted by Gasteiger charge is 2.51. The molecule has 2 aliphatic heterocycles. The smallest absolute Gasteiger partial charge is 0.0860 e. The van der Waals surface area contributed by atoms with E-state index in [0.29, 0.717) is 6.04 Å². The van der Waals surface area contributed by atoms with E-state index in [4.69, 9.17) is 10.5 Å². The molecule has 0 bridgehead atoms. The third-order valence-corrected chi connectivity index (χ3v) is 5.05. The van der Waals surface area contributed by atoms with E-state index in [1.54, 1.807) is 0 Å². The molecule has 0 amide bonds. The molecule has 0 radical (unpaired) electrons. The highest BCUT2D eigenvalue weighted by Crippen LogP contribution is 2.44. The van der Waals surface area contributed by atoms with Crippen LogP contribution in [0.5, 0.6) is 0 Å². The van der Waals surface area contributed by atoms with Crippen molar-refractivity contribution in [1.82, 2.24) is 4.90 Å². The molecule has 3 unspecified atom stereocenters. The molecule has 0 aromatic carbocycles. The lowest BCUT2D eigenvalue weighted by Gasteiger charge is -2.55. The van der Waals surface area contributed by atoms with Gasteiger partial charge in [0.2, 0.25) is 0 Å². The van der Waals surface area contributed by atoms with Gasteiger partial charge in [0.25, 0.3) is 0 Å². The first-order valence-corrected chi connectivity index (χ1v) is 7.73. The van der Waals surface area contributed by atoms with Crippen LogP contribution in [0.2, 0.25) is 0 Å². The largest absolute Gasteiger partial charge is 0.373 e. The second kappa shape index (κ2) is 4.71. The van der Waals surface area contributed by atoms with Crippen molar-refractivity contribution in [3.63, 3.8) is 0 Å². The van der Waals surface area contributed by atoms with Gasteiger partial charge >= 0.3 is 0 Å². The summed E-state index contributed by atoms with van der Waals surface area (Å²) in [4.78, 5) is 2.66. The van der Waals surface area contributed by atoms with Crippen LogP contribution in [0.3, 0.4) is 0 Å². The van der Waals surface area contributed by atoms with Crippen molar-refractivity contribution >= 4 is 0 Å². The van der Waals surface area contributed by atoms with Gasteiger partial charge in [-0.15, -0.1) is 0 Å². The molecule has 19 heavy (non-hydrogen) atoms. The van der Waals surface area contributed by atoms with E-state index in [2.05, 4.69) is 46.4 Å². The number of likely N-dealkylation sites (tertiary alicyclic amines) is 1. The minimum atomic E-state index is -0.0559. The van der Waals surface area contributed by atoms with Crippen molar-refractivity contribution in [2.75, 3.05) is 13.2 Å². The molecular formula is C16H32N2O. The zero-order chi connectivity index (χ0) is 14.5. The van der Waals surface area contributed by atoms with Crippen molar-refractivity contribution in [1.29, 1.82) is 0 Å². The van der Waals surface area contributed by atoms with Gasteiger partial charge in [-0.2, -0.15) is 0 Å². The first kappa shape index (κ1) is 15.3. The molecule has 0 aliphatic carbocycles. The van der Waals surface area contributed by atoms with Crippen LogP contribution in [0.1, 0.15) is 60.8 Å². The van der Waals surface area contributed by atoms with Gasteiger partial charge in [-0.25, -0.2) is 0 Å². The van der Waals surface area contributed by atoms with Gasteiger partial charge < -0.3 is 10.5 Å². The van der Waals surface area contributed by atoms with Crippen LogP contribution in [-0.4, -0.2) is 41.3 Å². The van der Waals surface area contributed by atoms with Crippen molar-refractivity contribution in [3.05, 3.63) is 0 Å². The maximum absolute atomic E-state index is 6.36. The highest BCUT2D eigenvalue weighted by atomic mass is 16.5. The van der Waals surface area contributed by atoms with Gasteiger partial charge in [-0.05, 0) is 45.4 Å². The summed E-state index contributed by atoms with van der Waals surface area (Å²) >= 11 is 0. The average Bonchev–Trinajstić information content (AvgIpc) is 2.57. The summed E-state index contributed by atoms with van der Waals surface area (Å²) in [6.45, 7) is 15.9. The molecule has 112 valence electrons. The number of hydrogen-bond acceptors (Lipinski definition) is 3. The molecule has 0 saturated carbocycles. The van der Waals surface area contributed by atoms with Gasteiger partial charge in [0.1, 0.15) is 0 Å². The molecule has 2 aliphatic rings. The maximum Gasteiger partial charge on any atom is 0.0860 e. The van der Waals surface area contributed by atoms with Crippen molar-refractivity contribution in [2.45, 2.75) is 84.0 Å². The molecule has 3 heteroatoms. The minimum Gasteiger partial charge on any atom is -0.373 e. The van der Waals surface area contributed by atoms with Crippen LogP contribution < -0.4 is 5.73 Å². The van der Waals surface area contributed by atoms with Crippen LogP contribution >= 0.6 is 0 Å². The predicted octanol–water partition coefficient (Wildman–Crippen LogP) is 2.78. The molecule has 2 heterocycles. The molecule has 3 nitrogen and oxygen atoms in total. The molecule has 3 atom stereocenters. The summed E-state index contributed by atoms with van der Waals surface area (Å²) in [5, 5.41) is 0. The van der Waals surface area contributed by atoms with E-state index < -0.39 is 0 Å². The number of nitrogens with zero attached hydrogens (tertiary/aromatic N) is 1. The lowest BCUT2D eigenvalue weighted by molar-refractivity contribution is -0.113. The third kappa shape index (κ3) is 2.84. The van der Waals surface area contributed by atoms with E-state index in [1.807, 2.05) is 0 Å². The lowest BCUT2D eigenvalue weighted by atomic mass is 9.71. The van der Waals surface area contributed by atoms with Crippen LogP contribution in [0.25, 0.3) is 0 Å². The zero-order valence-corrected chi connectivity index (χ0v) is 13.6. The molecule has 2 fully saturated rings. The Morgan fingerprint density at radius 2 is 1.79 bits per heavy atom. The fraction of sp³-hybridized carbons (Fsp3) is 1.00. The Morgan fingerprint density at radius 3 is 2.21 bits per heavy atom. The summed E-state index contributed by atoms with van der Waals surface area (Å²) in [6, 6.07) is 0.755. The summed E-state index contributed by atoms with van der Waals surface area (Å²) in [5.41, 5.74) is 6.77. The Labute approximate surface area is 118 Å². The third-order valence-electron chi connectivity index (χ3n) is 5.05. The van der Waals surface area contributed by atoms with Crippen molar-refractivity contribution in [3.8, 4) is 0 Å². The van der Waals surface area contributed by atoms with Gasteiger partial charge in [-0.3, -0.25) is 4.90 Å². The predicted molar refractivity (Wildman–Crippen MR) is 80.2 cm³/mol. The molecule has 0 aromatic rings. The monoisotopic (exact) mass is 268 g/mol. The van der Waals surface area contributed by atoms with Crippen molar-refractivity contribution in [2.24, 2.45) is 11.1 Å². The molecule has 2 saturated heterocycles.